The van der Waals surface area contributed by atoms with Gasteiger partial charge in [0, 0.05) is 24.3 Å². The summed E-state index contributed by atoms with van der Waals surface area (Å²) < 4.78 is 8.18. The summed E-state index contributed by atoms with van der Waals surface area (Å²) in [5.41, 5.74) is 2.44. The standard InChI is InChI=1S/C15H18BrN3O/c1-20-15-5-2-11(6-14(15)16)9-19-10-12(8-18-19)7-17-13-3-4-13/h2,5-6,8,10,13,17H,3-4,7,9H2,1H3. The lowest BCUT2D eigenvalue weighted by Crippen LogP contribution is -2.14. The van der Waals surface area contributed by atoms with Crippen molar-refractivity contribution in [3.05, 3.63) is 46.2 Å². The molecule has 0 spiro atoms. The number of nitrogens with one attached hydrogen (secondary N) is 1. The Hall–Kier alpha value is -1.33. The predicted octanol–water partition coefficient (Wildman–Crippen LogP) is 2.95. The van der Waals surface area contributed by atoms with Crippen LogP contribution in [-0.2, 0) is 13.1 Å². The first-order valence-electron chi connectivity index (χ1n) is 6.82. The van der Waals surface area contributed by atoms with Crippen LogP contribution in [0, 0.1) is 0 Å². The third-order valence-electron chi connectivity index (χ3n) is 3.42. The number of hydrogen-bond acceptors (Lipinski definition) is 3. The van der Waals surface area contributed by atoms with E-state index in [9.17, 15) is 0 Å². The van der Waals surface area contributed by atoms with Crippen LogP contribution in [0.25, 0.3) is 0 Å². The highest BCUT2D eigenvalue weighted by Gasteiger charge is 2.20. The van der Waals surface area contributed by atoms with Crippen molar-refractivity contribution < 1.29 is 4.74 Å². The predicted molar refractivity (Wildman–Crippen MR) is 81.9 cm³/mol. The molecule has 0 bridgehead atoms. The molecule has 3 rings (SSSR count). The summed E-state index contributed by atoms with van der Waals surface area (Å²) in [6, 6.07) is 6.84. The summed E-state index contributed by atoms with van der Waals surface area (Å²) in [7, 11) is 1.67. The van der Waals surface area contributed by atoms with E-state index < -0.39 is 0 Å². The topological polar surface area (TPSA) is 39.1 Å². The molecule has 1 aliphatic carbocycles. The Morgan fingerprint density at radius 3 is 2.95 bits per heavy atom. The minimum absolute atomic E-state index is 0.732. The van der Waals surface area contributed by atoms with Crippen LogP contribution in [0.4, 0.5) is 0 Å². The summed E-state index contributed by atoms with van der Waals surface area (Å²) >= 11 is 3.51. The Bertz CT molecular complexity index is 593. The van der Waals surface area contributed by atoms with E-state index in [1.54, 1.807) is 7.11 Å². The van der Waals surface area contributed by atoms with Crippen molar-refractivity contribution in [3.8, 4) is 5.75 Å². The van der Waals surface area contributed by atoms with E-state index in [1.165, 1.54) is 24.0 Å². The van der Waals surface area contributed by atoms with Gasteiger partial charge in [-0.2, -0.15) is 5.10 Å². The highest BCUT2D eigenvalue weighted by atomic mass is 79.9. The number of ether oxygens (including phenoxy) is 1. The Labute approximate surface area is 127 Å². The van der Waals surface area contributed by atoms with Crippen molar-refractivity contribution >= 4 is 15.9 Å². The molecule has 1 saturated carbocycles. The molecule has 0 saturated heterocycles. The van der Waals surface area contributed by atoms with E-state index in [0.717, 1.165) is 29.4 Å². The number of nitrogens with zero attached hydrogens (tertiary/aromatic N) is 2. The van der Waals surface area contributed by atoms with Gasteiger partial charge in [0.1, 0.15) is 5.75 Å². The zero-order chi connectivity index (χ0) is 13.9. The molecule has 1 aromatic carbocycles. The first-order valence-corrected chi connectivity index (χ1v) is 7.61. The van der Waals surface area contributed by atoms with Gasteiger partial charge in [0.25, 0.3) is 0 Å². The van der Waals surface area contributed by atoms with Crippen LogP contribution in [0.1, 0.15) is 24.0 Å². The maximum Gasteiger partial charge on any atom is 0.133 e. The number of rotatable bonds is 6. The summed E-state index contributed by atoms with van der Waals surface area (Å²) in [4.78, 5) is 0. The summed E-state index contributed by atoms with van der Waals surface area (Å²) in [5, 5.41) is 7.91. The fourth-order valence-electron chi connectivity index (χ4n) is 2.13. The van der Waals surface area contributed by atoms with Gasteiger partial charge in [-0.1, -0.05) is 6.07 Å². The van der Waals surface area contributed by atoms with Gasteiger partial charge in [-0.15, -0.1) is 0 Å². The van der Waals surface area contributed by atoms with Crippen molar-refractivity contribution in [2.45, 2.75) is 32.0 Å². The molecule has 20 heavy (non-hydrogen) atoms. The average molecular weight is 336 g/mol. The first-order chi connectivity index (χ1) is 9.74. The molecule has 0 unspecified atom stereocenters. The van der Waals surface area contributed by atoms with E-state index in [2.05, 4.69) is 44.7 Å². The molecule has 5 heteroatoms. The second-order valence-electron chi connectivity index (χ2n) is 5.17. The fourth-order valence-corrected chi connectivity index (χ4v) is 2.72. The van der Waals surface area contributed by atoms with Crippen LogP contribution in [0.2, 0.25) is 0 Å². The van der Waals surface area contributed by atoms with Crippen LogP contribution in [0.5, 0.6) is 5.75 Å². The summed E-state index contributed by atoms with van der Waals surface area (Å²) in [6.45, 7) is 1.68. The lowest BCUT2D eigenvalue weighted by molar-refractivity contribution is 0.412. The quantitative estimate of drug-likeness (QED) is 0.882. The highest BCUT2D eigenvalue weighted by Crippen LogP contribution is 2.25. The number of benzene rings is 1. The molecular weight excluding hydrogens is 318 g/mol. The minimum atomic E-state index is 0.732. The molecule has 2 aromatic rings. The lowest BCUT2D eigenvalue weighted by Gasteiger charge is -2.06. The molecule has 0 radical (unpaired) electrons. The fraction of sp³-hybridized carbons (Fsp3) is 0.400. The van der Waals surface area contributed by atoms with Crippen LogP contribution in [0.15, 0.2) is 35.1 Å². The molecule has 0 amide bonds. The lowest BCUT2D eigenvalue weighted by atomic mass is 10.2. The molecule has 1 N–H and O–H groups in total. The third kappa shape index (κ3) is 3.41. The molecule has 1 aromatic heterocycles. The van der Waals surface area contributed by atoms with E-state index in [0.29, 0.717) is 0 Å². The van der Waals surface area contributed by atoms with Gasteiger partial charge in [-0.3, -0.25) is 4.68 Å². The molecular formula is C15H18BrN3O. The Balaban J connectivity index is 1.63. The number of aromatic nitrogens is 2. The van der Waals surface area contributed by atoms with E-state index in [-0.39, 0.29) is 0 Å². The Morgan fingerprint density at radius 2 is 2.25 bits per heavy atom. The van der Waals surface area contributed by atoms with Crippen LogP contribution >= 0.6 is 15.9 Å². The summed E-state index contributed by atoms with van der Waals surface area (Å²) in [5.74, 6) is 0.850. The van der Waals surface area contributed by atoms with Gasteiger partial charge < -0.3 is 10.1 Å². The van der Waals surface area contributed by atoms with Gasteiger partial charge in [-0.05, 0) is 46.5 Å². The molecule has 1 fully saturated rings. The van der Waals surface area contributed by atoms with Gasteiger partial charge in [0.15, 0.2) is 0 Å². The zero-order valence-corrected chi connectivity index (χ0v) is 13.1. The number of methoxy groups -OCH3 is 1. The average Bonchev–Trinajstić information content (AvgIpc) is 3.17. The number of hydrogen-bond donors (Lipinski definition) is 1. The van der Waals surface area contributed by atoms with Gasteiger partial charge in [-0.25, -0.2) is 0 Å². The van der Waals surface area contributed by atoms with Gasteiger partial charge in [0.2, 0.25) is 0 Å². The second-order valence-corrected chi connectivity index (χ2v) is 6.02. The van der Waals surface area contributed by atoms with Crippen molar-refractivity contribution in [2.24, 2.45) is 0 Å². The molecule has 4 nitrogen and oxygen atoms in total. The Kier molecular flexibility index (Phi) is 4.08. The first kappa shape index (κ1) is 13.6. The van der Waals surface area contributed by atoms with Gasteiger partial charge >= 0.3 is 0 Å². The maximum absolute atomic E-state index is 5.24. The van der Waals surface area contributed by atoms with E-state index in [1.807, 2.05) is 16.9 Å². The van der Waals surface area contributed by atoms with Crippen molar-refractivity contribution in [3.63, 3.8) is 0 Å². The van der Waals surface area contributed by atoms with Crippen molar-refractivity contribution in [1.82, 2.24) is 15.1 Å². The SMILES string of the molecule is COc1ccc(Cn2cc(CNC3CC3)cn2)cc1Br. The monoisotopic (exact) mass is 335 g/mol. The molecule has 1 aliphatic rings. The van der Waals surface area contributed by atoms with Crippen molar-refractivity contribution in [1.29, 1.82) is 0 Å². The van der Waals surface area contributed by atoms with Crippen LogP contribution in [0.3, 0.4) is 0 Å². The molecule has 0 aliphatic heterocycles. The normalized spacial score (nSPS) is 14.5. The van der Waals surface area contributed by atoms with E-state index >= 15 is 0 Å². The van der Waals surface area contributed by atoms with Crippen molar-refractivity contribution in [2.75, 3.05) is 7.11 Å². The maximum atomic E-state index is 5.24. The largest absolute Gasteiger partial charge is 0.496 e. The summed E-state index contributed by atoms with van der Waals surface area (Å²) in [6.07, 6.45) is 6.67. The zero-order valence-electron chi connectivity index (χ0n) is 11.5. The Morgan fingerprint density at radius 1 is 1.40 bits per heavy atom. The molecule has 1 heterocycles. The van der Waals surface area contributed by atoms with Gasteiger partial charge in [0.05, 0.1) is 24.3 Å². The van der Waals surface area contributed by atoms with Crippen LogP contribution in [-0.4, -0.2) is 22.9 Å². The van der Waals surface area contributed by atoms with E-state index in [4.69, 9.17) is 4.74 Å². The molecule has 106 valence electrons. The second kappa shape index (κ2) is 5.97. The molecule has 0 atom stereocenters. The third-order valence-corrected chi connectivity index (χ3v) is 4.04. The smallest absolute Gasteiger partial charge is 0.133 e. The van der Waals surface area contributed by atoms with Crippen LogP contribution < -0.4 is 10.1 Å². The minimum Gasteiger partial charge on any atom is -0.496 e. The number of halogens is 1. The highest BCUT2D eigenvalue weighted by molar-refractivity contribution is 9.10.